The summed E-state index contributed by atoms with van der Waals surface area (Å²) in [5, 5.41) is 1.97. The fourth-order valence-electron chi connectivity index (χ4n) is 3.15. The summed E-state index contributed by atoms with van der Waals surface area (Å²) in [6.45, 7) is 1.78. The number of esters is 1. The summed E-state index contributed by atoms with van der Waals surface area (Å²) in [7, 11) is 1.34. The molecule has 1 aromatic carbocycles. The lowest BCUT2D eigenvalue weighted by atomic mass is 9.96. The van der Waals surface area contributed by atoms with Crippen LogP contribution < -0.4 is 14.9 Å². The largest absolute Gasteiger partial charge is 0.466 e. The van der Waals surface area contributed by atoms with Gasteiger partial charge in [0.05, 0.1) is 29.0 Å². The number of ether oxygens (including phenoxy) is 1. The molecule has 27 heavy (non-hydrogen) atoms. The lowest BCUT2D eigenvalue weighted by molar-refractivity contribution is -0.136. The third kappa shape index (κ3) is 3.09. The van der Waals surface area contributed by atoms with Crippen molar-refractivity contribution >= 4 is 34.7 Å². The summed E-state index contributed by atoms with van der Waals surface area (Å²) in [6, 6.07) is 12.8. The van der Waals surface area contributed by atoms with Gasteiger partial charge in [0.2, 0.25) is 0 Å². The highest BCUT2D eigenvalue weighted by molar-refractivity contribution is 7.11. The van der Waals surface area contributed by atoms with E-state index >= 15 is 0 Å². The number of nitrogens with zero attached hydrogens (tertiary/aromatic N) is 2. The normalized spacial score (nSPS) is 16.8. The van der Waals surface area contributed by atoms with Crippen LogP contribution in [0.4, 0.5) is 0 Å². The first-order valence-corrected chi connectivity index (χ1v) is 9.99. The highest BCUT2D eigenvalue weighted by atomic mass is 32.1. The minimum Gasteiger partial charge on any atom is -0.466 e. The molecule has 0 N–H and O–H groups in total. The smallest absolute Gasteiger partial charge is 0.338 e. The van der Waals surface area contributed by atoms with Crippen molar-refractivity contribution in [3.8, 4) is 0 Å². The van der Waals surface area contributed by atoms with Gasteiger partial charge >= 0.3 is 5.97 Å². The van der Waals surface area contributed by atoms with E-state index in [4.69, 9.17) is 4.74 Å². The number of thiophene rings is 1. The maximum atomic E-state index is 13.2. The van der Waals surface area contributed by atoms with Crippen LogP contribution in [0, 0.1) is 0 Å². The fourth-order valence-corrected chi connectivity index (χ4v) is 4.92. The second kappa shape index (κ2) is 7.09. The molecule has 0 radical (unpaired) electrons. The standard InChI is InChI=1S/C20H16N2O3S2/c1-12-16(19(24)25-2)17(13-7-4-3-5-8-13)22-18(23)15(27-20(22)21-12)11-14-9-6-10-26-14/h3-11,17H,1-2H3/t17-/m0/s1. The predicted octanol–water partition coefficient (Wildman–Crippen LogP) is 2.47. The zero-order valence-electron chi connectivity index (χ0n) is 14.7. The molecule has 1 aliphatic rings. The number of carbonyl (C=O) groups is 1. The van der Waals surface area contributed by atoms with E-state index in [0.717, 1.165) is 10.4 Å². The second-order valence-corrected chi connectivity index (χ2v) is 7.99. The Labute approximate surface area is 163 Å². The molecular formula is C20H16N2O3S2. The number of hydrogen-bond acceptors (Lipinski definition) is 6. The number of rotatable bonds is 3. The first kappa shape index (κ1) is 17.6. The highest BCUT2D eigenvalue weighted by Crippen LogP contribution is 2.30. The zero-order valence-corrected chi connectivity index (χ0v) is 16.3. The predicted molar refractivity (Wildman–Crippen MR) is 107 cm³/mol. The SMILES string of the molecule is COC(=O)C1=C(C)N=c2sc(=Cc3cccs3)c(=O)n2[C@H]1c1ccccc1. The summed E-state index contributed by atoms with van der Waals surface area (Å²) in [5.41, 5.74) is 1.64. The van der Waals surface area contributed by atoms with Crippen LogP contribution in [0.2, 0.25) is 0 Å². The lowest BCUT2D eigenvalue weighted by Gasteiger charge is -2.24. The average molecular weight is 396 g/mol. The zero-order chi connectivity index (χ0) is 19.0. The Morgan fingerprint density at radius 2 is 2.00 bits per heavy atom. The van der Waals surface area contributed by atoms with Crippen LogP contribution in [-0.4, -0.2) is 17.6 Å². The molecule has 5 nitrogen and oxygen atoms in total. The molecule has 0 saturated heterocycles. The van der Waals surface area contributed by atoms with Gasteiger partial charge in [-0.2, -0.15) is 0 Å². The van der Waals surface area contributed by atoms with E-state index in [-0.39, 0.29) is 5.56 Å². The first-order chi connectivity index (χ1) is 13.1. The third-order valence-corrected chi connectivity index (χ3v) is 6.16. The molecule has 0 saturated carbocycles. The van der Waals surface area contributed by atoms with Gasteiger partial charge in [-0.15, -0.1) is 11.3 Å². The van der Waals surface area contributed by atoms with Crippen molar-refractivity contribution in [3.63, 3.8) is 0 Å². The van der Waals surface area contributed by atoms with E-state index in [9.17, 15) is 9.59 Å². The van der Waals surface area contributed by atoms with Gasteiger partial charge in [-0.1, -0.05) is 47.7 Å². The molecule has 1 aliphatic heterocycles. The minimum absolute atomic E-state index is 0.157. The second-order valence-electron chi connectivity index (χ2n) is 6.00. The van der Waals surface area contributed by atoms with Crippen molar-refractivity contribution in [1.29, 1.82) is 0 Å². The van der Waals surface area contributed by atoms with Crippen LogP contribution in [0.5, 0.6) is 0 Å². The maximum absolute atomic E-state index is 13.2. The maximum Gasteiger partial charge on any atom is 0.338 e. The van der Waals surface area contributed by atoms with Gasteiger partial charge in [0.1, 0.15) is 0 Å². The number of benzene rings is 1. The van der Waals surface area contributed by atoms with Gasteiger partial charge in [-0.05, 0) is 30.0 Å². The number of thiazole rings is 1. The number of hydrogen-bond donors (Lipinski definition) is 0. The van der Waals surface area contributed by atoms with Crippen LogP contribution >= 0.6 is 22.7 Å². The van der Waals surface area contributed by atoms with E-state index in [1.165, 1.54) is 18.4 Å². The molecule has 0 amide bonds. The van der Waals surface area contributed by atoms with Crippen molar-refractivity contribution in [1.82, 2.24) is 4.57 Å². The van der Waals surface area contributed by atoms with Gasteiger partial charge in [-0.25, -0.2) is 9.79 Å². The number of fused-ring (bicyclic) bond motifs is 1. The van der Waals surface area contributed by atoms with E-state index in [0.29, 0.717) is 20.6 Å². The highest BCUT2D eigenvalue weighted by Gasteiger charge is 2.32. The van der Waals surface area contributed by atoms with E-state index < -0.39 is 12.0 Å². The molecule has 0 bridgehead atoms. The van der Waals surface area contributed by atoms with Gasteiger partial charge < -0.3 is 4.74 Å². The lowest BCUT2D eigenvalue weighted by Crippen LogP contribution is -2.39. The molecule has 0 unspecified atom stereocenters. The van der Waals surface area contributed by atoms with E-state index in [1.807, 2.05) is 53.9 Å². The van der Waals surface area contributed by atoms with Crippen molar-refractivity contribution in [2.24, 2.45) is 4.99 Å². The van der Waals surface area contributed by atoms with Crippen LogP contribution in [0.3, 0.4) is 0 Å². The molecular weight excluding hydrogens is 380 g/mol. The summed E-state index contributed by atoms with van der Waals surface area (Å²) >= 11 is 2.90. The molecule has 136 valence electrons. The number of allylic oxidation sites excluding steroid dienone is 1. The molecule has 0 spiro atoms. The quantitative estimate of drug-likeness (QED) is 0.639. The molecule has 1 atom stereocenters. The summed E-state index contributed by atoms with van der Waals surface area (Å²) in [6.07, 6.45) is 1.87. The molecule has 3 aromatic rings. The monoisotopic (exact) mass is 396 g/mol. The number of aromatic nitrogens is 1. The Morgan fingerprint density at radius 1 is 1.22 bits per heavy atom. The third-order valence-electron chi connectivity index (χ3n) is 4.36. The van der Waals surface area contributed by atoms with Crippen molar-refractivity contribution < 1.29 is 9.53 Å². The summed E-state index contributed by atoms with van der Waals surface area (Å²) in [4.78, 5) is 31.8. The molecule has 3 heterocycles. The number of carbonyl (C=O) groups excluding carboxylic acids is 1. The first-order valence-electron chi connectivity index (χ1n) is 8.29. The Bertz CT molecular complexity index is 1200. The summed E-state index contributed by atoms with van der Waals surface area (Å²) < 4.78 is 7.17. The fraction of sp³-hybridized carbons (Fsp3) is 0.150. The molecule has 7 heteroatoms. The van der Waals surface area contributed by atoms with Crippen LogP contribution in [0.25, 0.3) is 6.08 Å². The van der Waals surface area contributed by atoms with Crippen molar-refractivity contribution in [2.75, 3.05) is 7.11 Å². The molecule has 0 fully saturated rings. The average Bonchev–Trinajstić information content (AvgIpc) is 3.29. The van der Waals surface area contributed by atoms with Crippen LogP contribution in [-0.2, 0) is 9.53 Å². The Hall–Kier alpha value is -2.77. The number of methoxy groups -OCH3 is 1. The molecule has 4 rings (SSSR count). The van der Waals surface area contributed by atoms with Gasteiger partial charge in [0.25, 0.3) is 5.56 Å². The van der Waals surface area contributed by atoms with Crippen LogP contribution in [0.1, 0.15) is 23.4 Å². The topological polar surface area (TPSA) is 60.7 Å². The Balaban J connectivity index is 2.00. The molecule has 2 aromatic heterocycles. The minimum atomic E-state index is -0.555. The van der Waals surface area contributed by atoms with Crippen molar-refractivity contribution in [2.45, 2.75) is 13.0 Å². The Kier molecular flexibility index (Phi) is 4.63. The van der Waals surface area contributed by atoms with Gasteiger partial charge in [0.15, 0.2) is 4.80 Å². The van der Waals surface area contributed by atoms with Crippen LogP contribution in [0.15, 0.2) is 68.9 Å². The van der Waals surface area contributed by atoms with Crippen molar-refractivity contribution in [3.05, 3.63) is 89.2 Å². The van der Waals surface area contributed by atoms with Gasteiger partial charge in [-0.3, -0.25) is 9.36 Å². The van der Waals surface area contributed by atoms with E-state index in [2.05, 4.69) is 4.99 Å². The van der Waals surface area contributed by atoms with Gasteiger partial charge in [0, 0.05) is 4.88 Å². The Morgan fingerprint density at radius 3 is 2.67 bits per heavy atom. The van der Waals surface area contributed by atoms with E-state index in [1.54, 1.807) is 22.8 Å². The summed E-state index contributed by atoms with van der Waals surface area (Å²) in [5.74, 6) is -0.474. The molecule has 0 aliphatic carbocycles.